The topological polar surface area (TPSA) is 228 Å². The highest BCUT2D eigenvalue weighted by atomic mass is 16.5. The molecule has 0 fully saturated rings. The minimum Gasteiger partial charge on any atom is -0.506 e. The van der Waals surface area contributed by atoms with Crippen molar-refractivity contribution in [2.45, 2.75) is 57.9 Å². The number of aliphatic carboxylic acids is 3. The minimum absolute atomic E-state index is 0.0295. The first kappa shape index (κ1) is 34.6. The van der Waals surface area contributed by atoms with Gasteiger partial charge in [0.05, 0.1) is 24.5 Å². The molecule has 0 spiro atoms. The van der Waals surface area contributed by atoms with Gasteiger partial charge in [-0.15, -0.1) is 0 Å². The zero-order chi connectivity index (χ0) is 33.5. The summed E-state index contributed by atoms with van der Waals surface area (Å²) in [6.45, 7) is 6.86. The lowest BCUT2D eigenvalue weighted by molar-refractivity contribution is -0.170. The molecular formula is C31H35NO13. The summed E-state index contributed by atoms with van der Waals surface area (Å²) in [4.78, 5) is 45.2. The van der Waals surface area contributed by atoms with Gasteiger partial charge in [-0.25, -0.2) is 4.79 Å². The van der Waals surface area contributed by atoms with Gasteiger partial charge in [-0.3, -0.25) is 19.3 Å². The number of nitrogens with zero attached hydrogens (tertiary/aromatic N) is 1. The molecule has 1 atom stereocenters. The van der Waals surface area contributed by atoms with Crippen molar-refractivity contribution in [1.82, 2.24) is 4.90 Å². The molecule has 0 amide bonds. The van der Waals surface area contributed by atoms with E-state index in [4.69, 9.17) is 34.0 Å². The lowest BCUT2D eigenvalue weighted by Crippen LogP contribution is -2.42. The van der Waals surface area contributed by atoms with Crippen LogP contribution in [0.15, 0.2) is 62.4 Å². The van der Waals surface area contributed by atoms with Crippen LogP contribution in [0.5, 0.6) is 11.5 Å². The molecule has 0 saturated carbocycles. The van der Waals surface area contributed by atoms with E-state index in [-0.39, 0.29) is 46.1 Å². The number of rotatable bonds is 13. The van der Waals surface area contributed by atoms with Crippen LogP contribution in [0.25, 0.3) is 21.9 Å². The molecule has 4 aromatic rings. The monoisotopic (exact) mass is 629 g/mol. The molecule has 0 radical (unpaired) electrons. The Balaban J connectivity index is 0.000000360. The van der Waals surface area contributed by atoms with Gasteiger partial charge in [-0.2, -0.15) is 0 Å². The average molecular weight is 630 g/mol. The Morgan fingerprint density at radius 3 is 2.18 bits per heavy atom. The number of fused-ring (bicyclic) bond motifs is 2. The number of phenolic OH excluding ortho intramolecular Hbond substituents is 1. The molecule has 0 bridgehead atoms. The van der Waals surface area contributed by atoms with Crippen LogP contribution in [-0.2, 0) is 20.9 Å². The molecular weight excluding hydrogens is 594 g/mol. The number of aliphatic hydroxyl groups excluding tert-OH is 1. The largest absolute Gasteiger partial charge is 0.506 e. The van der Waals surface area contributed by atoms with Crippen molar-refractivity contribution in [3.05, 3.63) is 70.3 Å². The maximum Gasteiger partial charge on any atom is 0.336 e. The Kier molecular flexibility index (Phi) is 11.3. The van der Waals surface area contributed by atoms with E-state index in [1.807, 2.05) is 18.2 Å². The highest BCUT2D eigenvalue weighted by molar-refractivity contribution is 6.06. The van der Waals surface area contributed by atoms with Crippen molar-refractivity contribution in [2.24, 2.45) is 0 Å². The molecule has 2 aromatic carbocycles. The van der Waals surface area contributed by atoms with Gasteiger partial charge in [-0.05, 0) is 32.4 Å². The Morgan fingerprint density at radius 1 is 1.00 bits per heavy atom. The Bertz CT molecular complexity index is 1690. The molecule has 1 unspecified atom stereocenters. The Hall–Kier alpha value is -4.92. The smallest absolute Gasteiger partial charge is 0.336 e. The van der Waals surface area contributed by atoms with Crippen LogP contribution >= 0.6 is 0 Å². The molecule has 2 heterocycles. The lowest BCUT2D eigenvalue weighted by Gasteiger charge is -2.28. The summed E-state index contributed by atoms with van der Waals surface area (Å²) in [5, 5.41) is 55.5. The average Bonchev–Trinajstić information content (AvgIpc) is 3.42. The molecule has 14 nitrogen and oxygen atoms in total. The fraction of sp³-hybridized carbons (Fsp3) is 0.355. The van der Waals surface area contributed by atoms with Crippen LogP contribution in [0.4, 0.5) is 0 Å². The number of carboxylic acid groups (broad SMARTS) is 3. The SMILES string of the molecule is Cc1cc(=O)c2c(O)c3ccoc3c(OCC(O)CN(Cc3ccccc3)C(C)C)c2o1.O=C(O)CC(O)(CC(=O)O)C(=O)O. The van der Waals surface area contributed by atoms with Gasteiger partial charge < -0.3 is 44.2 Å². The fourth-order valence-corrected chi connectivity index (χ4v) is 4.53. The zero-order valence-corrected chi connectivity index (χ0v) is 24.8. The molecule has 242 valence electrons. The normalized spacial score (nSPS) is 12.2. The lowest BCUT2D eigenvalue weighted by atomic mass is 9.96. The Morgan fingerprint density at radius 2 is 1.62 bits per heavy atom. The number of ether oxygens (including phenoxy) is 1. The van der Waals surface area contributed by atoms with E-state index in [0.29, 0.717) is 24.2 Å². The number of hydrogen-bond donors (Lipinski definition) is 6. The number of phenols is 1. The molecule has 4 rings (SSSR count). The second-order valence-electron chi connectivity index (χ2n) is 10.7. The summed E-state index contributed by atoms with van der Waals surface area (Å²) >= 11 is 0. The molecule has 0 aliphatic carbocycles. The standard InChI is InChI=1S/C25H27NO6.C6H8O7/c1-15(2)26(12-17-7-5-4-6-8-17)13-18(27)14-31-25-23-19(9-10-30-23)22(29)21-20(28)11-16(3)32-24(21)25;7-3(8)1-6(13,5(11)12)2-4(9)10/h4-11,15,18,27,29H,12-14H2,1-3H3;13H,1-2H2,(H,7,8)(H,9,10)(H,11,12). The Labute approximate surface area is 256 Å². The number of aryl methyl sites for hydroxylation is 1. The van der Waals surface area contributed by atoms with E-state index in [1.165, 1.54) is 12.3 Å². The number of hydrogen-bond acceptors (Lipinski definition) is 11. The van der Waals surface area contributed by atoms with Gasteiger partial charge in [0.15, 0.2) is 22.2 Å². The van der Waals surface area contributed by atoms with Gasteiger partial charge in [-0.1, -0.05) is 30.3 Å². The van der Waals surface area contributed by atoms with Crippen molar-refractivity contribution in [2.75, 3.05) is 13.2 Å². The van der Waals surface area contributed by atoms with Gasteiger partial charge in [0.25, 0.3) is 0 Å². The summed E-state index contributed by atoms with van der Waals surface area (Å²) < 4.78 is 17.2. The molecule has 2 aromatic heterocycles. The van der Waals surface area contributed by atoms with E-state index in [2.05, 4.69) is 30.9 Å². The maximum absolute atomic E-state index is 12.5. The number of aliphatic hydroxyl groups is 2. The predicted octanol–water partition coefficient (Wildman–Crippen LogP) is 2.96. The summed E-state index contributed by atoms with van der Waals surface area (Å²) in [6.07, 6.45) is -1.68. The van der Waals surface area contributed by atoms with Crippen LogP contribution < -0.4 is 10.2 Å². The summed E-state index contributed by atoms with van der Waals surface area (Å²) in [7, 11) is 0. The zero-order valence-electron chi connectivity index (χ0n) is 24.8. The summed E-state index contributed by atoms with van der Waals surface area (Å²) in [5.74, 6) is -4.65. The van der Waals surface area contributed by atoms with Crippen molar-refractivity contribution in [3.8, 4) is 11.5 Å². The van der Waals surface area contributed by atoms with Crippen molar-refractivity contribution in [3.63, 3.8) is 0 Å². The van der Waals surface area contributed by atoms with E-state index in [0.717, 1.165) is 5.56 Å². The third-order valence-corrected chi connectivity index (χ3v) is 6.75. The first-order chi connectivity index (χ1) is 21.1. The summed E-state index contributed by atoms with van der Waals surface area (Å²) in [6, 6.07) is 13.2. The minimum atomic E-state index is -2.74. The number of furan rings is 1. The van der Waals surface area contributed by atoms with Gasteiger partial charge in [0.2, 0.25) is 5.75 Å². The molecule has 0 aliphatic rings. The van der Waals surface area contributed by atoms with Crippen molar-refractivity contribution < 1.29 is 58.6 Å². The van der Waals surface area contributed by atoms with Crippen LogP contribution in [0, 0.1) is 6.92 Å². The highest BCUT2D eigenvalue weighted by Gasteiger charge is 2.40. The number of carbonyl (C=O) groups is 3. The fourth-order valence-electron chi connectivity index (χ4n) is 4.53. The summed E-state index contributed by atoms with van der Waals surface area (Å²) in [5.41, 5.74) is -1.58. The third kappa shape index (κ3) is 8.81. The van der Waals surface area contributed by atoms with Crippen molar-refractivity contribution in [1.29, 1.82) is 0 Å². The van der Waals surface area contributed by atoms with Crippen LogP contribution in [0.3, 0.4) is 0 Å². The number of benzene rings is 2. The number of aromatic hydroxyl groups is 1. The molecule has 14 heteroatoms. The van der Waals surface area contributed by atoms with Crippen LogP contribution in [-0.4, -0.2) is 84.3 Å². The highest BCUT2D eigenvalue weighted by Crippen LogP contribution is 2.41. The maximum atomic E-state index is 12.5. The number of carboxylic acids is 3. The second-order valence-corrected chi connectivity index (χ2v) is 10.7. The third-order valence-electron chi connectivity index (χ3n) is 6.75. The van der Waals surface area contributed by atoms with Crippen molar-refractivity contribution >= 4 is 39.8 Å². The van der Waals surface area contributed by atoms with Gasteiger partial charge >= 0.3 is 17.9 Å². The molecule has 0 saturated heterocycles. The van der Waals surface area contributed by atoms with Gasteiger partial charge in [0.1, 0.15) is 29.6 Å². The van der Waals surface area contributed by atoms with Gasteiger partial charge in [0, 0.05) is 25.2 Å². The molecule has 0 aliphatic heterocycles. The van der Waals surface area contributed by atoms with Crippen LogP contribution in [0.2, 0.25) is 0 Å². The van der Waals surface area contributed by atoms with E-state index in [9.17, 15) is 29.4 Å². The van der Waals surface area contributed by atoms with E-state index >= 15 is 0 Å². The van der Waals surface area contributed by atoms with E-state index < -0.39 is 42.5 Å². The predicted molar refractivity (Wildman–Crippen MR) is 159 cm³/mol. The van der Waals surface area contributed by atoms with Crippen LogP contribution in [0.1, 0.15) is 38.0 Å². The first-order valence-electron chi connectivity index (χ1n) is 13.8. The molecule has 6 N–H and O–H groups in total. The van der Waals surface area contributed by atoms with E-state index in [1.54, 1.807) is 13.0 Å². The second kappa shape index (κ2) is 14.7. The first-order valence-corrected chi connectivity index (χ1v) is 13.8. The quantitative estimate of drug-likeness (QED) is 0.125. The molecule has 45 heavy (non-hydrogen) atoms.